The molecule has 1 aliphatic rings. The molecule has 0 radical (unpaired) electrons. The molecule has 0 bridgehead atoms. The molecule has 8 heteroatoms. The SMILES string of the molecule is CCOc1ccc(Cl)c(-c2nnc3c(C)nc4ccc(CN5CCN(C)CC5)cc4n23)c1. The van der Waals surface area contributed by atoms with Gasteiger partial charge in [-0.25, -0.2) is 4.98 Å². The Morgan fingerprint density at radius 1 is 1.03 bits per heavy atom. The molecule has 1 saturated heterocycles. The van der Waals surface area contributed by atoms with E-state index < -0.39 is 0 Å². The summed E-state index contributed by atoms with van der Waals surface area (Å²) in [6.45, 7) is 9.78. The lowest BCUT2D eigenvalue weighted by Crippen LogP contribution is -2.43. The van der Waals surface area contributed by atoms with Crippen molar-refractivity contribution in [2.24, 2.45) is 0 Å². The van der Waals surface area contributed by atoms with Crippen molar-refractivity contribution in [3.63, 3.8) is 0 Å². The fourth-order valence-electron chi connectivity index (χ4n) is 4.29. The number of aryl methyl sites for hydroxylation is 1. The number of ether oxygens (including phenoxy) is 1. The summed E-state index contributed by atoms with van der Waals surface area (Å²) in [5.41, 5.74) is 5.51. The highest BCUT2D eigenvalue weighted by molar-refractivity contribution is 6.33. The van der Waals surface area contributed by atoms with E-state index in [-0.39, 0.29) is 0 Å². The maximum absolute atomic E-state index is 6.59. The third-order valence-corrected chi connectivity index (χ3v) is 6.38. The molecule has 0 unspecified atom stereocenters. The molecule has 0 atom stereocenters. The maximum atomic E-state index is 6.59. The van der Waals surface area contributed by atoms with Gasteiger partial charge in [-0.3, -0.25) is 9.30 Å². The Balaban J connectivity index is 1.63. The minimum absolute atomic E-state index is 0.587. The number of hydrogen-bond acceptors (Lipinski definition) is 6. The number of hydrogen-bond donors (Lipinski definition) is 0. The summed E-state index contributed by atoms with van der Waals surface area (Å²) in [5.74, 6) is 1.45. The summed E-state index contributed by atoms with van der Waals surface area (Å²) in [5, 5.41) is 9.57. The second kappa shape index (κ2) is 8.65. The summed E-state index contributed by atoms with van der Waals surface area (Å²) in [6.07, 6.45) is 0. The number of rotatable bonds is 5. The number of piperazine rings is 1. The Kier molecular flexibility index (Phi) is 5.71. The highest BCUT2D eigenvalue weighted by Crippen LogP contribution is 2.33. The standard InChI is InChI=1S/C24H27ClN6O/c1-4-32-18-6-7-20(25)19(14-18)24-28-27-23-16(2)26-21-8-5-17(13-22(21)31(23)24)15-30-11-9-29(3)10-12-30/h5-8,13-14H,4,9-12,15H2,1-3H3. The number of halogens is 1. The fraction of sp³-hybridized carbons (Fsp3) is 0.375. The molecule has 0 aliphatic carbocycles. The number of benzene rings is 2. The first kappa shape index (κ1) is 21.1. The van der Waals surface area contributed by atoms with Gasteiger partial charge in [0.2, 0.25) is 0 Å². The predicted molar refractivity (Wildman–Crippen MR) is 127 cm³/mol. The summed E-state index contributed by atoms with van der Waals surface area (Å²) in [7, 11) is 2.18. The van der Waals surface area contributed by atoms with Crippen LogP contribution in [0, 0.1) is 6.92 Å². The second-order valence-corrected chi connectivity index (χ2v) is 8.76. The Labute approximate surface area is 192 Å². The Bertz CT molecular complexity index is 1280. The first-order valence-corrected chi connectivity index (χ1v) is 11.4. The van der Waals surface area contributed by atoms with E-state index in [9.17, 15) is 0 Å². The van der Waals surface area contributed by atoms with Gasteiger partial charge in [0.25, 0.3) is 0 Å². The van der Waals surface area contributed by atoms with Crippen LogP contribution in [0.2, 0.25) is 5.02 Å². The molecule has 1 fully saturated rings. The second-order valence-electron chi connectivity index (χ2n) is 8.36. The van der Waals surface area contributed by atoms with Gasteiger partial charge in [-0.05, 0) is 56.8 Å². The van der Waals surface area contributed by atoms with Gasteiger partial charge >= 0.3 is 0 Å². The molecule has 4 aromatic rings. The fourth-order valence-corrected chi connectivity index (χ4v) is 4.49. The first-order valence-electron chi connectivity index (χ1n) is 11.0. The van der Waals surface area contributed by atoms with Crippen LogP contribution in [0.5, 0.6) is 5.75 Å². The molecule has 5 rings (SSSR count). The molecule has 3 heterocycles. The van der Waals surface area contributed by atoms with Crippen LogP contribution in [0.15, 0.2) is 36.4 Å². The Morgan fingerprint density at radius 2 is 1.84 bits per heavy atom. The van der Waals surface area contributed by atoms with Crippen molar-refractivity contribution in [3.05, 3.63) is 52.7 Å². The van der Waals surface area contributed by atoms with Gasteiger partial charge in [0.05, 0.1) is 28.4 Å². The van der Waals surface area contributed by atoms with E-state index in [1.54, 1.807) is 0 Å². The molecule has 0 N–H and O–H groups in total. The molecular formula is C24H27ClN6O. The normalized spacial score (nSPS) is 15.6. The lowest BCUT2D eigenvalue weighted by molar-refractivity contribution is 0.148. The largest absolute Gasteiger partial charge is 0.494 e. The molecule has 2 aromatic carbocycles. The highest BCUT2D eigenvalue weighted by Gasteiger charge is 2.19. The van der Waals surface area contributed by atoms with Gasteiger partial charge in [0.15, 0.2) is 11.5 Å². The van der Waals surface area contributed by atoms with E-state index in [1.807, 2.05) is 32.0 Å². The predicted octanol–water partition coefficient (Wildman–Crippen LogP) is 4.05. The van der Waals surface area contributed by atoms with Crippen LogP contribution in [0.3, 0.4) is 0 Å². The van der Waals surface area contributed by atoms with Gasteiger partial charge < -0.3 is 9.64 Å². The van der Waals surface area contributed by atoms with E-state index in [4.69, 9.17) is 21.3 Å². The van der Waals surface area contributed by atoms with Gasteiger partial charge in [-0.1, -0.05) is 17.7 Å². The average Bonchev–Trinajstić information content (AvgIpc) is 3.23. The lowest BCUT2D eigenvalue weighted by Gasteiger charge is -2.32. The van der Waals surface area contributed by atoms with Crippen molar-refractivity contribution < 1.29 is 4.74 Å². The Hall–Kier alpha value is -2.74. The Morgan fingerprint density at radius 3 is 2.62 bits per heavy atom. The van der Waals surface area contributed by atoms with Crippen LogP contribution in [0.4, 0.5) is 0 Å². The highest BCUT2D eigenvalue weighted by atomic mass is 35.5. The number of aromatic nitrogens is 4. The zero-order valence-electron chi connectivity index (χ0n) is 18.7. The van der Waals surface area contributed by atoms with Crippen molar-refractivity contribution >= 4 is 28.3 Å². The van der Waals surface area contributed by atoms with E-state index in [2.05, 4.69) is 49.6 Å². The van der Waals surface area contributed by atoms with Crippen molar-refractivity contribution in [3.8, 4) is 17.1 Å². The quantitative estimate of drug-likeness (QED) is 0.457. The smallest absolute Gasteiger partial charge is 0.183 e. The van der Waals surface area contributed by atoms with Crippen LogP contribution in [-0.2, 0) is 6.54 Å². The van der Waals surface area contributed by atoms with Crippen molar-refractivity contribution in [1.29, 1.82) is 0 Å². The van der Waals surface area contributed by atoms with E-state index in [1.165, 1.54) is 5.56 Å². The van der Waals surface area contributed by atoms with Crippen molar-refractivity contribution in [1.82, 2.24) is 29.4 Å². The molecule has 32 heavy (non-hydrogen) atoms. The van der Waals surface area contributed by atoms with Crippen LogP contribution in [0.25, 0.3) is 28.1 Å². The molecule has 1 aliphatic heterocycles. The van der Waals surface area contributed by atoms with E-state index >= 15 is 0 Å². The van der Waals surface area contributed by atoms with Crippen LogP contribution < -0.4 is 4.74 Å². The average molecular weight is 451 g/mol. The molecule has 0 spiro atoms. The number of likely N-dealkylation sites (N-methyl/N-ethyl adjacent to an activating group) is 1. The lowest BCUT2D eigenvalue weighted by atomic mass is 10.1. The molecule has 0 amide bonds. The number of fused-ring (bicyclic) bond motifs is 3. The van der Waals surface area contributed by atoms with Crippen molar-refractivity contribution in [2.75, 3.05) is 39.8 Å². The summed E-state index contributed by atoms with van der Waals surface area (Å²) in [4.78, 5) is 9.64. The summed E-state index contributed by atoms with van der Waals surface area (Å²) in [6, 6.07) is 12.1. The van der Waals surface area contributed by atoms with Gasteiger partial charge in [-0.15, -0.1) is 10.2 Å². The van der Waals surface area contributed by atoms with Gasteiger partial charge in [0, 0.05) is 38.3 Å². The number of nitrogens with zero attached hydrogens (tertiary/aromatic N) is 6. The van der Waals surface area contributed by atoms with E-state index in [0.717, 1.165) is 66.4 Å². The van der Waals surface area contributed by atoms with E-state index in [0.29, 0.717) is 17.5 Å². The minimum Gasteiger partial charge on any atom is -0.494 e. The van der Waals surface area contributed by atoms with Gasteiger partial charge in [0.1, 0.15) is 5.75 Å². The topological polar surface area (TPSA) is 58.8 Å². The molecule has 2 aromatic heterocycles. The summed E-state index contributed by atoms with van der Waals surface area (Å²) >= 11 is 6.59. The zero-order valence-corrected chi connectivity index (χ0v) is 19.4. The minimum atomic E-state index is 0.587. The monoisotopic (exact) mass is 450 g/mol. The molecule has 166 valence electrons. The third-order valence-electron chi connectivity index (χ3n) is 6.05. The molecular weight excluding hydrogens is 424 g/mol. The van der Waals surface area contributed by atoms with Gasteiger partial charge in [-0.2, -0.15) is 0 Å². The third kappa shape index (κ3) is 3.92. The first-order chi connectivity index (χ1) is 15.5. The zero-order chi connectivity index (χ0) is 22.2. The molecule has 0 saturated carbocycles. The van der Waals surface area contributed by atoms with Crippen LogP contribution >= 0.6 is 11.6 Å². The van der Waals surface area contributed by atoms with Crippen molar-refractivity contribution in [2.45, 2.75) is 20.4 Å². The van der Waals surface area contributed by atoms with Crippen LogP contribution in [0.1, 0.15) is 18.2 Å². The maximum Gasteiger partial charge on any atom is 0.183 e. The van der Waals surface area contributed by atoms with Crippen LogP contribution in [-0.4, -0.2) is 69.2 Å². The molecule has 7 nitrogen and oxygen atoms in total. The summed E-state index contributed by atoms with van der Waals surface area (Å²) < 4.78 is 7.77.